The topological polar surface area (TPSA) is 200 Å². The van der Waals surface area contributed by atoms with Crippen LogP contribution in [0.15, 0.2) is 77.8 Å². The molecule has 1 aliphatic rings. The van der Waals surface area contributed by atoms with Crippen molar-refractivity contribution in [2.75, 3.05) is 31.2 Å². The van der Waals surface area contributed by atoms with Crippen LogP contribution < -0.4 is 36.7 Å². The van der Waals surface area contributed by atoms with E-state index >= 15 is 0 Å². The molecule has 0 radical (unpaired) electrons. The SMILES string of the molecule is CCO[C@@H](Cc1ccc(OCCN2c3ccccc3Oc3ccccc32)cc1)C(=O)[O-].NC(N)=NCCCC([NH3+])C(=O)O. The Morgan fingerprint density at radius 2 is 1.63 bits per heavy atom. The first kappa shape index (κ1) is 32.7. The zero-order valence-corrected chi connectivity index (χ0v) is 24.2. The maximum Gasteiger partial charge on any atom is 0.362 e. The first-order valence-electron chi connectivity index (χ1n) is 14.0. The van der Waals surface area contributed by atoms with Gasteiger partial charge in [-0.2, -0.15) is 0 Å². The fraction of sp³-hybridized carbons (Fsp3) is 0.323. The molecule has 3 aromatic rings. The monoisotopic (exact) mass is 593 g/mol. The van der Waals surface area contributed by atoms with E-state index in [0.29, 0.717) is 39.1 Å². The maximum absolute atomic E-state index is 11.2. The maximum atomic E-state index is 11.2. The summed E-state index contributed by atoms with van der Waals surface area (Å²) in [5.74, 6) is 0.309. The van der Waals surface area contributed by atoms with Gasteiger partial charge in [-0.25, -0.2) is 4.79 Å². The van der Waals surface area contributed by atoms with E-state index < -0.39 is 24.1 Å². The number of guanidine groups is 1. The van der Waals surface area contributed by atoms with Crippen molar-refractivity contribution in [3.05, 3.63) is 78.4 Å². The Kier molecular flexibility index (Phi) is 12.6. The number of quaternary nitrogens is 1. The second-order valence-electron chi connectivity index (χ2n) is 9.63. The summed E-state index contributed by atoms with van der Waals surface area (Å²) < 4.78 is 17.2. The number of aliphatic carboxylic acids is 2. The van der Waals surface area contributed by atoms with Crippen molar-refractivity contribution in [1.82, 2.24) is 0 Å². The Hall–Kier alpha value is -4.81. The highest BCUT2D eigenvalue weighted by atomic mass is 16.5. The molecule has 2 atom stereocenters. The third-order valence-corrected chi connectivity index (χ3v) is 6.45. The Labute approximate surface area is 250 Å². The summed E-state index contributed by atoms with van der Waals surface area (Å²) in [6, 6.07) is 22.7. The van der Waals surface area contributed by atoms with E-state index in [-0.39, 0.29) is 12.4 Å². The zero-order chi connectivity index (χ0) is 31.2. The van der Waals surface area contributed by atoms with Crippen LogP contribution >= 0.6 is 0 Å². The summed E-state index contributed by atoms with van der Waals surface area (Å²) in [6.45, 7) is 3.67. The minimum atomic E-state index is -1.20. The van der Waals surface area contributed by atoms with E-state index in [0.717, 1.165) is 34.2 Å². The molecule has 12 heteroatoms. The van der Waals surface area contributed by atoms with Crippen LogP contribution in [0.4, 0.5) is 11.4 Å². The molecule has 0 aromatic heterocycles. The average Bonchev–Trinajstić information content (AvgIpc) is 2.99. The Morgan fingerprint density at radius 3 is 2.16 bits per heavy atom. The quantitative estimate of drug-likeness (QED) is 0.120. The van der Waals surface area contributed by atoms with E-state index in [1.165, 1.54) is 0 Å². The van der Waals surface area contributed by atoms with E-state index in [1.807, 2.05) is 72.8 Å². The molecule has 1 aliphatic heterocycles. The first-order valence-corrected chi connectivity index (χ1v) is 14.0. The third kappa shape index (κ3) is 10.2. The van der Waals surface area contributed by atoms with E-state index in [4.69, 9.17) is 30.8 Å². The Morgan fingerprint density at radius 1 is 1.02 bits per heavy atom. The number of nitrogens with two attached hydrogens (primary N) is 2. The number of hydrogen-bond donors (Lipinski definition) is 4. The number of ether oxygens (including phenoxy) is 3. The first-order chi connectivity index (χ1) is 20.7. The standard InChI is InChI=1S/C25H25NO5.C6H14N4O2/c1-2-29-24(25(27)28)17-18-11-13-19(14-12-18)30-16-15-26-20-7-3-5-9-22(20)31-23-10-6-4-8-21(23)26;7-4(5(11)12)2-1-3-10-6(8)9/h3-14,24H,2,15-17H2,1H3,(H,27,28);4H,1-3,7H2,(H,11,12)(H4,8,9,10)/t24-;/m0./s1. The molecule has 8 N–H and O–H groups in total. The van der Waals surface area contributed by atoms with Gasteiger partial charge in [0.05, 0.1) is 23.9 Å². The summed E-state index contributed by atoms with van der Waals surface area (Å²) in [6.07, 6.45) is 0.445. The second kappa shape index (κ2) is 16.6. The van der Waals surface area contributed by atoms with Crippen molar-refractivity contribution in [3.63, 3.8) is 0 Å². The van der Waals surface area contributed by atoms with Crippen LogP contribution in [0.3, 0.4) is 0 Å². The zero-order valence-electron chi connectivity index (χ0n) is 24.2. The van der Waals surface area contributed by atoms with Crippen molar-refractivity contribution in [2.45, 2.75) is 38.3 Å². The highest BCUT2D eigenvalue weighted by Gasteiger charge is 2.23. The van der Waals surface area contributed by atoms with Crippen LogP contribution in [0.2, 0.25) is 0 Å². The number of aliphatic imine (C=N–C) groups is 1. The number of carbonyl (C=O) groups excluding carboxylic acids is 1. The summed E-state index contributed by atoms with van der Waals surface area (Å²) in [5.41, 5.74) is 16.4. The van der Waals surface area contributed by atoms with Crippen LogP contribution in [0.1, 0.15) is 25.3 Å². The minimum absolute atomic E-state index is 0.0333. The van der Waals surface area contributed by atoms with Gasteiger partial charge in [-0.1, -0.05) is 36.4 Å². The van der Waals surface area contributed by atoms with Gasteiger partial charge in [0, 0.05) is 26.0 Å². The molecule has 0 saturated carbocycles. The number of carbonyl (C=O) groups is 2. The molecule has 0 bridgehead atoms. The van der Waals surface area contributed by atoms with Crippen molar-refractivity contribution < 1.29 is 39.7 Å². The van der Waals surface area contributed by atoms with Crippen LogP contribution in [-0.4, -0.2) is 61.5 Å². The summed E-state index contributed by atoms with van der Waals surface area (Å²) in [4.78, 5) is 27.3. The lowest BCUT2D eigenvalue weighted by molar-refractivity contribution is -0.409. The van der Waals surface area contributed by atoms with Gasteiger partial charge in [-0.15, -0.1) is 0 Å². The summed E-state index contributed by atoms with van der Waals surface area (Å²) in [7, 11) is 0. The van der Waals surface area contributed by atoms with Crippen LogP contribution in [0, 0.1) is 0 Å². The van der Waals surface area contributed by atoms with Crippen molar-refractivity contribution in [1.29, 1.82) is 0 Å². The third-order valence-electron chi connectivity index (χ3n) is 6.45. The fourth-order valence-corrected chi connectivity index (χ4v) is 4.29. The largest absolute Gasteiger partial charge is 0.547 e. The molecule has 0 saturated heterocycles. The molecule has 1 unspecified atom stereocenters. The van der Waals surface area contributed by atoms with Gasteiger partial charge in [0.15, 0.2) is 23.5 Å². The van der Waals surface area contributed by atoms with Gasteiger partial charge in [0.1, 0.15) is 18.5 Å². The molecule has 0 aliphatic carbocycles. The number of benzene rings is 3. The van der Waals surface area contributed by atoms with Crippen molar-refractivity contribution in [3.8, 4) is 17.2 Å². The van der Waals surface area contributed by atoms with Gasteiger partial charge in [0.2, 0.25) is 0 Å². The highest BCUT2D eigenvalue weighted by molar-refractivity contribution is 5.78. The number of para-hydroxylation sites is 4. The number of anilines is 2. The lowest BCUT2D eigenvalue weighted by Gasteiger charge is -2.32. The van der Waals surface area contributed by atoms with Gasteiger partial charge < -0.3 is 51.3 Å². The lowest BCUT2D eigenvalue weighted by atomic mass is 10.1. The number of fused-ring (bicyclic) bond motifs is 2. The van der Waals surface area contributed by atoms with E-state index in [2.05, 4.69) is 15.6 Å². The number of nitrogens with zero attached hydrogens (tertiary/aromatic N) is 2. The van der Waals surface area contributed by atoms with E-state index in [1.54, 1.807) is 6.92 Å². The molecule has 0 spiro atoms. The fourth-order valence-electron chi connectivity index (χ4n) is 4.29. The molecule has 3 aromatic carbocycles. The Balaban J connectivity index is 0.000000359. The number of carboxylic acid groups (broad SMARTS) is 2. The predicted molar refractivity (Wildman–Crippen MR) is 160 cm³/mol. The number of carboxylic acids is 2. The van der Waals surface area contributed by atoms with Gasteiger partial charge in [-0.3, -0.25) is 4.99 Å². The second-order valence-corrected chi connectivity index (χ2v) is 9.63. The summed E-state index contributed by atoms with van der Waals surface area (Å²) >= 11 is 0. The molecule has 0 amide bonds. The molecular weight excluding hydrogens is 554 g/mol. The molecule has 230 valence electrons. The van der Waals surface area contributed by atoms with E-state index in [9.17, 15) is 14.7 Å². The predicted octanol–water partition coefficient (Wildman–Crippen LogP) is 1.44. The van der Waals surface area contributed by atoms with Gasteiger partial charge in [0.25, 0.3) is 0 Å². The minimum Gasteiger partial charge on any atom is -0.547 e. The number of hydrogen-bond acceptors (Lipinski definition) is 8. The molecule has 43 heavy (non-hydrogen) atoms. The van der Waals surface area contributed by atoms with Crippen molar-refractivity contribution in [2.24, 2.45) is 16.5 Å². The average molecular weight is 594 g/mol. The Bertz CT molecular complexity index is 1320. The smallest absolute Gasteiger partial charge is 0.362 e. The van der Waals surface area contributed by atoms with Gasteiger partial charge in [-0.05, 0) is 55.3 Å². The van der Waals surface area contributed by atoms with Crippen LogP contribution in [-0.2, 0) is 20.7 Å². The summed E-state index contributed by atoms with van der Waals surface area (Å²) in [5, 5.41) is 19.6. The van der Waals surface area contributed by atoms with Gasteiger partial charge >= 0.3 is 5.97 Å². The molecule has 4 rings (SSSR count). The normalized spacial score (nSPS) is 12.7. The van der Waals surface area contributed by atoms with Crippen molar-refractivity contribution >= 4 is 29.3 Å². The lowest BCUT2D eigenvalue weighted by Crippen LogP contribution is -2.64. The van der Waals surface area contributed by atoms with Crippen LogP contribution in [0.5, 0.6) is 17.2 Å². The highest BCUT2D eigenvalue weighted by Crippen LogP contribution is 2.45. The number of rotatable bonds is 14. The molecule has 1 heterocycles. The molecule has 0 fully saturated rings. The molecule has 12 nitrogen and oxygen atoms in total. The molecular formula is C31H39N5O7. The van der Waals surface area contributed by atoms with Crippen LogP contribution in [0.25, 0.3) is 0 Å².